The van der Waals surface area contributed by atoms with E-state index in [1.54, 1.807) is 6.08 Å². The van der Waals surface area contributed by atoms with Gasteiger partial charge in [-0.2, -0.15) is 0 Å². The van der Waals surface area contributed by atoms with E-state index in [1.807, 2.05) is 19.1 Å². The molecule has 1 radical (unpaired) electrons. The molecule has 1 heterocycles. The Balaban J connectivity index is 3.01. The van der Waals surface area contributed by atoms with Gasteiger partial charge in [-0.1, -0.05) is 18.7 Å². The highest BCUT2D eigenvalue weighted by Gasteiger charge is 1.84. The van der Waals surface area contributed by atoms with Crippen molar-refractivity contribution < 1.29 is 0 Å². The van der Waals surface area contributed by atoms with Crippen molar-refractivity contribution in [1.82, 2.24) is 4.98 Å². The van der Waals surface area contributed by atoms with E-state index in [2.05, 4.69) is 17.8 Å². The Hall–Kier alpha value is -1.11. The maximum atomic E-state index is 3.95. The predicted octanol–water partition coefficient (Wildman–Crippen LogP) is 1.83. The molecule has 0 unspecified atom stereocenters. The second-order valence-electron chi connectivity index (χ2n) is 1.86. The summed E-state index contributed by atoms with van der Waals surface area (Å²) in [6.45, 7) is 5.52. The average Bonchev–Trinajstić information content (AvgIpc) is 1.90. The number of hydrogen-bond acceptors (Lipinski definition) is 1. The van der Waals surface area contributed by atoms with Crippen LogP contribution in [0.3, 0.4) is 0 Å². The van der Waals surface area contributed by atoms with Crippen LogP contribution in [0.5, 0.6) is 0 Å². The number of nitrogens with zero attached hydrogens (tertiary/aromatic N) is 1. The molecule has 45 valence electrons. The van der Waals surface area contributed by atoms with Crippen LogP contribution in [0.25, 0.3) is 6.08 Å². The first-order valence-corrected chi connectivity index (χ1v) is 2.80. The summed E-state index contributed by atoms with van der Waals surface area (Å²) >= 11 is 0. The Labute approximate surface area is 55.1 Å². The van der Waals surface area contributed by atoms with Gasteiger partial charge in [-0.15, -0.1) is 0 Å². The Bertz CT molecular complexity index is 198. The molecule has 0 saturated heterocycles. The van der Waals surface area contributed by atoms with E-state index in [0.29, 0.717) is 0 Å². The van der Waals surface area contributed by atoms with Crippen LogP contribution in [0.4, 0.5) is 0 Å². The van der Waals surface area contributed by atoms with Gasteiger partial charge in [0.05, 0.1) is 6.20 Å². The Morgan fingerprint density at radius 1 is 1.67 bits per heavy atom. The highest BCUT2D eigenvalue weighted by molar-refractivity contribution is 5.44. The SMILES string of the molecule is C=Cc1[c]nc(C)cc1. The molecule has 1 aromatic rings. The Morgan fingerprint density at radius 2 is 2.44 bits per heavy atom. The number of aryl methyl sites for hydroxylation is 1. The van der Waals surface area contributed by atoms with Gasteiger partial charge in [-0.3, -0.25) is 4.98 Å². The van der Waals surface area contributed by atoms with Crippen molar-refractivity contribution >= 4 is 6.08 Å². The molecule has 0 aliphatic carbocycles. The molecule has 0 atom stereocenters. The zero-order valence-electron chi connectivity index (χ0n) is 5.39. The Kier molecular flexibility index (Phi) is 1.63. The molecule has 9 heavy (non-hydrogen) atoms. The Morgan fingerprint density at radius 3 is 2.89 bits per heavy atom. The lowest BCUT2D eigenvalue weighted by molar-refractivity contribution is 1.18. The first-order chi connectivity index (χ1) is 4.33. The third kappa shape index (κ3) is 1.39. The standard InChI is InChI=1S/C8H8N/c1-3-8-5-4-7(2)9-6-8/h3-5H,1H2,2H3. The number of aromatic nitrogens is 1. The van der Waals surface area contributed by atoms with Gasteiger partial charge in [0.15, 0.2) is 0 Å². The van der Waals surface area contributed by atoms with E-state index in [4.69, 9.17) is 0 Å². The monoisotopic (exact) mass is 118 g/mol. The van der Waals surface area contributed by atoms with Gasteiger partial charge in [0.1, 0.15) is 0 Å². The van der Waals surface area contributed by atoms with E-state index in [0.717, 1.165) is 11.3 Å². The van der Waals surface area contributed by atoms with Crippen LogP contribution < -0.4 is 0 Å². The lowest BCUT2D eigenvalue weighted by atomic mass is 10.2. The fraction of sp³-hybridized carbons (Fsp3) is 0.125. The lowest BCUT2D eigenvalue weighted by Gasteiger charge is -1.89. The van der Waals surface area contributed by atoms with Crippen molar-refractivity contribution in [3.63, 3.8) is 0 Å². The van der Waals surface area contributed by atoms with Gasteiger partial charge in [-0.05, 0) is 13.0 Å². The van der Waals surface area contributed by atoms with Crippen molar-refractivity contribution in [2.45, 2.75) is 6.92 Å². The molecule has 1 heteroatoms. The largest absolute Gasteiger partial charge is 0.251 e. The number of pyridine rings is 1. The molecule has 0 aromatic carbocycles. The van der Waals surface area contributed by atoms with E-state index < -0.39 is 0 Å². The first-order valence-electron chi connectivity index (χ1n) is 2.80. The highest BCUT2D eigenvalue weighted by Crippen LogP contribution is 1.97. The molecule has 0 amide bonds. The van der Waals surface area contributed by atoms with Gasteiger partial charge in [-0.25, -0.2) is 0 Å². The van der Waals surface area contributed by atoms with Crippen LogP contribution in [-0.2, 0) is 0 Å². The molecule has 0 aliphatic heterocycles. The highest BCUT2D eigenvalue weighted by atomic mass is 14.6. The topological polar surface area (TPSA) is 12.9 Å². The fourth-order valence-electron chi connectivity index (χ4n) is 0.551. The minimum Gasteiger partial charge on any atom is -0.251 e. The molecule has 0 saturated carbocycles. The summed E-state index contributed by atoms with van der Waals surface area (Å²) in [5, 5.41) is 0. The number of rotatable bonds is 1. The zero-order valence-corrected chi connectivity index (χ0v) is 5.39. The van der Waals surface area contributed by atoms with Crippen molar-refractivity contribution in [3.05, 3.63) is 36.2 Å². The predicted molar refractivity (Wildman–Crippen MR) is 37.9 cm³/mol. The molecule has 1 nitrogen and oxygen atoms in total. The van der Waals surface area contributed by atoms with Gasteiger partial charge in [0.25, 0.3) is 0 Å². The van der Waals surface area contributed by atoms with Crippen molar-refractivity contribution in [1.29, 1.82) is 0 Å². The summed E-state index contributed by atoms with van der Waals surface area (Å²) < 4.78 is 0. The summed E-state index contributed by atoms with van der Waals surface area (Å²) in [5.74, 6) is 0. The van der Waals surface area contributed by atoms with Gasteiger partial charge >= 0.3 is 0 Å². The minimum absolute atomic E-state index is 0.945. The second-order valence-corrected chi connectivity index (χ2v) is 1.86. The van der Waals surface area contributed by atoms with E-state index in [1.165, 1.54) is 0 Å². The third-order valence-electron chi connectivity index (χ3n) is 1.09. The van der Waals surface area contributed by atoms with Crippen LogP contribution in [0, 0.1) is 13.1 Å². The van der Waals surface area contributed by atoms with Crippen LogP contribution in [0.1, 0.15) is 11.3 Å². The van der Waals surface area contributed by atoms with Crippen LogP contribution in [0.15, 0.2) is 18.7 Å². The molecule has 0 fully saturated rings. The summed E-state index contributed by atoms with van der Waals surface area (Å²) in [6, 6.07) is 3.88. The van der Waals surface area contributed by atoms with Crippen LogP contribution >= 0.6 is 0 Å². The van der Waals surface area contributed by atoms with Crippen molar-refractivity contribution in [3.8, 4) is 0 Å². The third-order valence-corrected chi connectivity index (χ3v) is 1.09. The smallest absolute Gasteiger partial charge is 0.0967 e. The number of hydrogen-bond donors (Lipinski definition) is 0. The molecule has 1 rings (SSSR count). The molecular weight excluding hydrogens is 110 g/mol. The first kappa shape index (κ1) is 6.02. The van der Waals surface area contributed by atoms with Gasteiger partial charge < -0.3 is 0 Å². The van der Waals surface area contributed by atoms with Crippen LogP contribution in [0.2, 0.25) is 0 Å². The summed E-state index contributed by atoms with van der Waals surface area (Å²) in [6.07, 6.45) is 4.55. The molecular formula is C8H8N. The quantitative estimate of drug-likeness (QED) is 0.548. The molecule has 0 spiro atoms. The van der Waals surface area contributed by atoms with E-state index in [9.17, 15) is 0 Å². The second kappa shape index (κ2) is 2.44. The maximum absolute atomic E-state index is 3.95. The zero-order chi connectivity index (χ0) is 6.69. The summed E-state index contributed by atoms with van der Waals surface area (Å²) in [4.78, 5) is 3.95. The lowest BCUT2D eigenvalue weighted by Crippen LogP contribution is -1.79. The summed E-state index contributed by atoms with van der Waals surface area (Å²) in [5.41, 5.74) is 1.93. The van der Waals surface area contributed by atoms with Crippen LogP contribution in [-0.4, -0.2) is 4.98 Å². The summed E-state index contributed by atoms with van der Waals surface area (Å²) in [7, 11) is 0. The minimum atomic E-state index is 0.945. The maximum Gasteiger partial charge on any atom is 0.0967 e. The van der Waals surface area contributed by atoms with E-state index in [-0.39, 0.29) is 0 Å². The molecule has 0 bridgehead atoms. The van der Waals surface area contributed by atoms with Gasteiger partial charge in [0, 0.05) is 11.3 Å². The average molecular weight is 118 g/mol. The van der Waals surface area contributed by atoms with Gasteiger partial charge in [0.2, 0.25) is 0 Å². The van der Waals surface area contributed by atoms with E-state index >= 15 is 0 Å². The normalized spacial score (nSPS) is 9.00. The molecule has 0 aliphatic rings. The molecule has 1 aromatic heterocycles. The molecule has 0 N–H and O–H groups in total. The van der Waals surface area contributed by atoms with Crippen molar-refractivity contribution in [2.24, 2.45) is 0 Å². The fourth-order valence-corrected chi connectivity index (χ4v) is 0.551. The van der Waals surface area contributed by atoms with Crippen molar-refractivity contribution in [2.75, 3.05) is 0 Å².